The Morgan fingerprint density at radius 1 is 1.27 bits per heavy atom. The van der Waals surface area contributed by atoms with E-state index in [0.717, 1.165) is 40.7 Å². The Kier molecular flexibility index (Phi) is 7.02. The zero-order chi connectivity index (χ0) is 28.0. The SMILES string of the molecule is CCC(C1OC1Nc1nccc2c(-c3nc(Nc4cn(C)nc4OC)ncc3C)c[nH]c12)N1CCN(C)C(F)C1. The number of fused-ring (bicyclic) bond motifs is 1. The first-order chi connectivity index (χ1) is 19.4. The Balaban J connectivity index is 1.21. The number of aryl methyl sites for hydroxylation is 2. The molecule has 212 valence electrons. The van der Waals surface area contributed by atoms with Gasteiger partial charge in [0.15, 0.2) is 18.3 Å². The Morgan fingerprint density at radius 2 is 2.12 bits per heavy atom. The minimum atomic E-state index is -0.951. The lowest BCUT2D eigenvalue weighted by Crippen LogP contribution is -2.54. The fourth-order valence-corrected chi connectivity index (χ4v) is 5.48. The topological polar surface area (TPSA) is 125 Å². The van der Waals surface area contributed by atoms with Crippen LogP contribution in [0.4, 0.5) is 21.8 Å². The highest BCUT2D eigenvalue weighted by Gasteiger charge is 2.48. The summed E-state index contributed by atoms with van der Waals surface area (Å²) in [7, 11) is 5.23. The molecule has 0 aliphatic carbocycles. The summed E-state index contributed by atoms with van der Waals surface area (Å²) in [4.78, 5) is 21.2. The summed E-state index contributed by atoms with van der Waals surface area (Å²) in [5, 5.41) is 11.9. The van der Waals surface area contributed by atoms with Gasteiger partial charge in [-0.1, -0.05) is 6.92 Å². The number of nitrogens with one attached hydrogen (secondary N) is 3. The molecule has 6 rings (SSSR count). The number of hydrogen-bond donors (Lipinski definition) is 3. The predicted octanol–water partition coefficient (Wildman–Crippen LogP) is 3.27. The second-order valence-electron chi connectivity index (χ2n) is 10.4. The van der Waals surface area contributed by atoms with E-state index in [0.29, 0.717) is 36.4 Å². The lowest BCUT2D eigenvalue weighted by molar-refractivity contribution is -0.00711. The van der Waals surface area contributed by atoms with Crippen molar-refractivity contribution in [2.45, 2.75) is 44.9 Å². The standard InChI is InChI=1S/C27H35FN10O2/c1-6-19(38-10-9-36(3)20(28)14-38)23-26(40-23)34-24-22-16(7-8-29-24)17(12-30-22)21-15(2)11-31-27(33-21)32-18-13-37(4)35-25(18)39-5/h7-8,11-13,19-20,23,26,30H,6,9-10,14H2,1-5H3,(H,29,34)(H,31,32,33). The third kappa shape index (κ3) is 4.95. The van der Waals surface area contributed by atoms with Crippen molar-refractivity contribution in [3.05, 3.63) is 36.4 Å². The van der Waals surface area contributed by atoms with Gasteiger partial charge in [0.05, 0.1) is 24.5 Å². The Hall–Kier alpha value is -3.81. The third-order valence-corrected chi connectivity index (χ3v) is 7.74. The fraction of sp³-hybridized carbons (Fsp3) is 0.481. The molecule has 0 bridgehead atoms. The van der Waals surface area contributed by atoms with Gasteiger partial charge < -0.3 is 25.1 Å². The maximum absolute atomic E-state index is 14.4. The van der Waals surface area contributed by atoms with E-state index in [2.05, 4.69) is 42.5 Å². The second-order valence-corrected chi connectivity index (χ2v) is 10.4. The number of hydrogen-bond acceptors (Lipinski definition) is 10. The molecule has 0 aromatic carbocycles. The van der Waals surface area contributed by atoms with Crippen molar-refractivity contribution in [1.82, 2.24) is 39.5 Å². The summed E-state index contributed by atoms with van der Waals surface area (Å²) in [6.45, 7) is 6.06. The molecule has 4 aromatic rings. The molecule has 2 fully saturated rings. The van der Waals surface area contributed by atoms with Gasteiger partial charge in [-0.3, -0.25) is 14.5 Å². The number of alkyl halides is 1. The molecule has 13 heteroatoms. The van der Waals surface area contributed by atoms with Gasteiger partial charge in [-0.25, -0.2) is 19.3 Å². The number of aromatic amines is 1. The number of epoxide rings is 1. The molecule has 4 aromatic heterocycles. The van der Waals surface area contributed by atoms with Crippen LogP contribution in [0.3, 0.4) is 0 Å². The van der Waals surface area contributed by atoms with Gasteiger partial charge in [0.2, 0.25) is 5.95 Å². The zero-order valence-corrected chi connectivity index (χ0v) is 23.3. The first-order valence-electron chi connectivity index (χ1n) is 13.5. The van der Waals surface area contributed by atoms with Crippen LogP contribution in [0.5, 0.6) is 5.88 Å². The van der Waals surface area contributed by atoms with E-state index < -0.39 is 6.30 Å². The number of pyridine rings is 1. The van der Waals surface area contributed by atoms with Crippen LogP contribution in [0.1, 0.15) is 18.9 Å². The number of H-pyrrole nitrogens is 1. The molecule has 3 N–H and O–H groups in total. The number of rotatable bonds is 9. The molecule has 0 radical (unpaired) electrons. The summed E-state index contributed by atoms with van der Waals surface area (Å²) in [5.41, 5.74) is 4.21. The number of halogens is 1. The van der Waals surface area contributed by atoms with Gasteiger partial charge in [0, 0.05) is 62.3 Å². The van der Waals surface area contributed by atoms with Crippen molar-refractivity contribution in [1.29, 1.82) is 0 Å². The lowest BCUT2D eigenvalue weighted by atomic mass is 10.1. The van der Waals surface area contributed by atoms with Crippen LogP contribution >= 0.6 is 0 Å². The second kappa shape index (κ2) is 10.6. The third-order valence-electron chi connectivity index (χ3n) is 7.74. The normalized spacial score (nSPS) is 22.4. The fourth-order valence-electron chi connectivity index (χ4n) is 5.48. The minimum absolute atomic E-state index is 0.0192. The Morgan fingerprint density at radius 3 is 2.90 bits per heavy atom. The van der Waals surface area contributed by atoms with Crippen molar-refractivity contribution in [3.8, 4) is 17.1 Å². The van der Waals surface area contributed by atoms with Gasteiger partial charge in [-0.2, -0.15) is 0 Å². The van der Waals surface area contributed by atoms with Gasteiger partial charge in [-0.15, -0.1) is 5.10 Å². The van der Waals surface area contributed by atoms with Gasteiger partial charge in [-0.05, 0) is 32.0 Å². The highest BCUT2D eigenvalue weighted by molar-refractivity contribution is 6.00. The zero-order valence-electron chi connectivity index (χ0n) is 23.3. The van der Waals surface area contributed by atoms with E-state index in [-0.39, 0.29) is 18.4 Å². The van der Waals surface area contributed by atoms with Crippen LogP contribution in [-0.2, 0) is 11.8 Å². The molecule has 4 atom stereocenters. The highest BCUT2D eigenvalue weighted by atomic mass is 19.1. The molecule has 40 heavy (non-hydrogen) atoms. The molecular weight excluding hydrogens is 515 g/mol. The number of nitrogens with zero attached hydrogens (tertiary/aromatic N) is 7. The molecule has 6 heterocycles. The van der Waals surface area contributed by atoms with E-state index >= 15 is 0 Å². The quantitative estimate of drug-likeness (QED) is 0.211. The number of aromatic nitrogens is 6. The first-order valence-corrected chi connectivity index (χ1v) is 13.5. The van der Waals surface area contributed by atoms with Crippen molar-refractivity contribution < 1.29 is 13.9 Å². The smallest absolute Gasteiger partial charge is 0.256 e. The average Bonchev–Trinajstić information content (AvgIpc) is 3.38. The molecule has 4 unspecified atom stereocenters. The number of piperazine rings is 1. The molecule has 2 aliphatic heterocycles. The maximum Gasteiger partial charge on any atom is 0.256 e. The van der Waals surface area contributed by atoms with Crippen LogP contribution in [0.2, 0.25) is 0 Å². The first kappa shape index (κ1) is 26.4. The minimum Gasteiger partial charge on any atom is -0.478 e. The number of anilines is 3. The van der Waals surface area contributed by atoms with Crippen LogP contribution in [-0.4, -0.2) is 98.0 Å². The van der Waals surface area contributed by atoms with Crippen molar-refractivity contribution in [2.75, 3.05) is 44.4 Å². The van der Waals surface area contributed by atoms with Gasteiger partial charge in [0.25, 0.3) is 5.88 Å². The van der Waals surface area contributed by atoms with E-state index in [1.54, 1.807) is 29.1 Å². The molecule has 2 saturated heterocycles. The molecule has 2 aliphatic rings. The number of methoxy groups -OCH3 is 1. The summed E-state index contributed by atoms with van der Waals surface area (Å²) < 4.78 is 27.4. The molecule has 0 spiro atoms. The molecule has 12 nitrogen and oxygen atoms in total. The van der Waals surface area contributed by atoms with E-state index in [4.69, 9.17) is 14.5 Å². The van der Waals surface area contributed by atoms with E-state index in [1.807, 2.05) is 39.5 Å². The summed E-state index contributed by atoms with van der Waals surface area (Å²) in [5.74, 6) is 1.61. The lowest BCUT2D eigenvalue weighted by Gasteiger charge is -2.39. The molecule has 0 amide bonds. The van der Waals surface area contributed by atoms with Crippen LogP contribution in [0.15, 0.2) is 30.9 Å². The Labute approximate surface area is 231 Å². The summed E-state index contributed by atoms with van der Waals surface area (Å²) in [6.07, 6.45) is 7.06. The maximum atomic E-state index is 14.4. The molecular formula is C27H35FN10O2. The van der Waals surface area contributed by atoms with Gasteiger partial charge >= 0.3 is 0 Å². The molecule has 0 saturated carbocycles. The van der Waals surface area contributed by atoms with E-state index in [9.17, 15) is 4.39 Å². The number of likely N-dealkylation sites (N-methyl/N-ethyl adjacent to an activating group) is 1. The van der Waals surface area contributed by atoms with Crippen molar-refractivity contribution >= 4 is 28.4 Å². The largest absolute Gasteiger partial charge is 0.478 e. The highest BCUT2D eigenvalue weighted by Crippen LogP contribution is 2.36. The van der Waals surface area contributed by atoms with E-state index in [1.165, 1.54) is 0 Å². The summed E-state index contributed by atoms with van der Waals surface area (Å²) in [6, 6.07) is 2.12. The number of ether oxygens (including phenoxy) is 2. The monoisotopic (exact) mass is 550 g/mol. The predicted molar refractivity (Wildman–Crippen MR) is 150 cm³/mol. The van der Waals surface area contributed by atoms with Crippen LogP contribution < -0.4 is 15.4 Å². The van der Waals surface area contributed by atoms with Crippen molar-refractivity contribution in [2.24, 2.45) is 7.05 Å². The van der Waals surface area contributed by atoms with Gasteiger partial charge in [0.1, 0.15) is 11.8 Å². The van der Waals surface area contributed by atoms with Crippen LogP contribution in [0.25, 0.3) is 22.2 Å². The van der Waals surface area contributed by atoms with Crippen LogP contribution in [0, 0.1) is 6.92 Å². The Bertz CT molecular complexity index is 1510. The van der Waals surface area contributed by atoms with Crippen molar-refractivity contribution in [3.63, 3.8) is 0 Å². The summed E-state index contributed by atoms with van der Waals surface area (Å²) >= 11 is 0. The average molecular weight is 551 g/mol.